The van der Waals surface area contributed by atoms with Crippen molar-refractivity contribution in [2.24, 2.45) is 0 Å². The van der Waals surface area contributed by atoms with Crippen LogP contribution in [0.15, 0.2) is 36.8 Å². The number of nitrogen functional groups attached to an aromatic ring is 1. The average Bonchev–Trinajstić information content (AvgIpc) is 2.33. The molecule has 0 atom stereocenters. The molecule has 1 heterocycles. The molecule has 0 fully saturated rings. The van der Waals surface area contributed by atoms with Crippen LogP contribution in [0.3, 0.4) is 0 Å². The third-order valence-electron chi connectivity index (χ3n) is 1.90. The predicted octanol–water partition coefficient (Wildman–Crippen LogP) is 1.72. The van der Waals surface area contributed by atoms with Crippen LogP contribution < -0.4 is 10.5 Å². The smallest absolute Gasteiger partial charge is 0.245 e. The van der Waals surface area contributed by atoms with Gasteiger partial charge in [0.1, 0.15) is 17.8 Å². The Morgan fingerprint density at radius 2 is 2.00 bits per heavy atom. The van der Waals surface area contributed by atoms with Crippen molar-refractivity contribution in [1.82, 2.24) is 9.97 Å². The van der Waals surface area contributed by atoms with Gasteiger partial charge in [0.25, 0.3) is 0 Å². The number of nitriles is 1. The summed E-state index contributed by atoms with van der Waals surface area (Å²) in [5, 5.41) is 8.63. The number of nitrogens with two attached hydrogens (primary N) is 1. The summed E-state index contributed by atoms with van der Waals surface area (Å²) in [7, 11) is 0. The Bertz CT molecular complexity index is 530. The molecule has 0 unspecified atom stereocenters. The highest BCUT2D eigenvalue weighted by Crippen LogP contribution is 2.23. The first kappa shape index (κ1) is 9.93. The van der Waals surface area contributed by atoms with E-state index in [2.05, 4.69) is 9.97 Å². The Morgan fingerprint density at radius 3 is 2.62 bits per heavy atom. The van der Waals surface area contributed by atoms with Crippen molar-refractivity contribution < 1.29 is 4.74 Å². The highest BCUT2D eigenvalue weighted by atomic mass is 16.5. The molecule has 5 heteroatoms. The van der Waals surface area contributed by atoms with Gasteiger partial charge >= 0.3 is 0 Å². The SMILES string of the molecule is N#Cc1ccc(Oc2ncncc2N)cc1. The van der Waals surface area contributed by atoms with Crippen LogP contribution in [-0.2, 0) is 0 Å². The molecule has 0 aliphatic rings. The molecule has 2 rings (SSSR count). The maximum atomic E-state index is 8.63. The highest BCUT2D eigenvalue weighted by molar-refractivity contribution is 5.47. The summed E-state index contributed by atoms with van der Waals surface area (Å²) in [5.41, 5.74) is 6.56. The number of nitrogens with zero attached hydrogens (tertiary/aromatic N) is 3. The van der Waals surface area contributed by atoms with Gasteiger partial charge < -0.3 is 10.5 Å². The van der Waals surface area contributed by atoms with Crippen molar-refractivity contribution in [3.63, 3.8) is 0 Å². The van der Waals surface area contributed by atoms with Gasteiger partial charge in [0, 0.05) is 0 Å². The zero-order valence-corrected chi connectivity index (χ0v) is 8.29. The van der Waals surface area contributed by atoms with Crippen molar-refractivity contribution in [2.75, 3.05) is 5.73 Å². The lowest BCUT2D eigenvalue weighted by Crippen LogP contribution is -1.95. The van der Waals surface area contributed by atoms with Crippen molar-refractivity contribution >= 4 is 5.69 Å². The number of benzene rings is 1. The molecule has 0 aliphatic carbocycles. The Balaban J connectivity index is 2.22. The number of rotatable bonds is 2. The van der Waals surface area contributed by atoms with Gasteiger partial charge in [-0.1, -0.05) is 0 Å². The second kappa shape index (κ2) is 4.28. The molecule has 16 heavy (non-hydrogen) atoms. The summed E-state index contributed by atoms with van der Waals surface area (Å²) >= 11 is 0. The van der Waals surface area contributed by atoms with E-state index in [1.54, 1.807) is 24.3 Å². The first-order valence-corrected chi connectivity index (χ1v) is 4.53. The summed E-state index contributed by atoms with van der Waals surface area (Å²) in [6.45, 7) is 0. The van der Waals surface area contributed by atoms with Crippen LogP contribution in [-0.4, -0.2) is 9.97 Å². The third kappa shape index (κ3) is 2.07. The van der Waals surface area contributed by atoms with Crippen LogP contribution in [0.2, 0.25) is 0 Å². The van der Waals surface area contributed by atoms with Crippen molar-refractivity contribution in [1.29, 1.82) is 5.26 Å². The van der Waals surface area contributed by atoms with E-state index in [1.807, 2.05) is 6.07 Å². The fourth-order valence-electron chi connectivity index (χ4n) is 1.12. The second-order valence-corrected chi connectivity index (χ2v) is 3.02. The molecule has 2 aromatic rings. The van der Waals surface area contributed by atoms with Gasteiger partial charge in [0.05, 0.1) is 17.8 Å². The van der Waals surface area contributed by atoms with Gasteiger partial charge in [-0.15, -0.1) is 0 Å². The number of ether oxygens (including phenoxy) is 1. The largest absolute Gasteiger partial charge is 0.437 e. The molecule has 2 N–H and O–H groups in total. The van der Waals surface area contributed by atoms with Gasteiger partial charge in [-0.25, -0.2) is 4.98 Å². The molecule has 0 saturated heterocycles. The van der Waals surface area contributed by atoms with Gasteiger partial charge in [-0.3, -0.25) is 0 Å². The number of anilines is 1. The lowest BCUT2D eigenvalue weighted by Gasteiger charge is -2.05. The summed E-state index contributed by atoms with van der Waals surface area (Å²) in [6, 6.07) is 8.70. The van der Waals surface area contributed by atoms with E-state index in [9.17, 15) is 0 Å². The van der Waals surface area contributed by atoms with Crippen LogP contribution in [0, 0.1) is 11.3 Å². The zero-order valence-electron chi connectivity index (χ0n) is 8.29. The molecular formula is C11H8N4O. The maximum absolute atomic E-state index is 8.63. The molecule has 0 radical (unpaired) electrons. The molecular weight excluding hydrogens is 204 g/mol. The summed E-state index contributed by atoms with van der Waals surface area (Å²) in [6.07, 6.45) is 2.82. The van der Waals surface area contributed by atoms with E-state index in [-0.39, 0.29) is 0 Å². The first-order chi connectivity index (χ1) is 7.79. The molecule has 1 aromatic carbocycles. The molecule has 0 amide bonds. The fraction of sp³-hybridized carbons (Fsp3) is 0. The standard InChI is InChI=1S/C11H8N4O/c12-5-8-1-3-9(4-2-8)16-11-10(13)6-14-7-15-11/h1-4,6-7H,13H2. The lowest BCUT2D eigenvalue weighted by atomic mass is 10.2. The topological polar surface area (TPSA) is 84.8 Å². The van der Waals surface area contributed by atoms with E-state index < -0.39 is 0 Å². The molecule has 78 valence electrons. The second-order valence-electron chi connectivity index (χ2n) is 3.02. The van der Waals surface area contributed by atoms with Crippen LogP contribution in [0.4, 0.5) is 5.69 Å². The van der Waals surface area contributed by atoms with E-state index >= 15 is 0 Å². The summed E-state index contributed by atoms with van der Waals surface area (Å²) in [4.78, 5) is 7.65. The molecule has 0 spiro atoms. The molecule has 5 nitrogen and oxygen atoms in total. The Hall–Kier alpha value is -2.61. The fourth-order valence-corrected chi connectivity index (χ4v) is 1.12. The normalized spacial score (nSPS) is 9.44. The minimum Gasteiger partial charge on any atom is -0.437 e. The van der Waals surface area contributed by atoms with Gasteiger partial charge in [-0.2, -0.15) is 10.2 Å². The van der Waals surface area contributed by atoms with Crippen LogP contribution in [0.25, 0.3) is 0 Å². The van der Waals surface area contributed by atoms with E-state index in [0.717, 1.165) is 0 Å². The monoisotopic (exact) mass is 212 g/mol. The Kier molecular flexibility index (Phi) is 2.65. The number of aromatic nitrogens is 2. The van der Waals surface area contributed by atoms with Crippen molar-refractivity contribution in [2.45, 2.75) is 0 Å². The summed E-state index contributed by atoms with van der Waals surface area (Å²) < 4.78 is 5.42. The van der Waals surface area contributed by atoms with E-state index in [1.165, 1.54) is 12.5 Å². The average molecular weight is 212 g/mol. The number of hydrogen-bond acceptors (Lipinski definition) is 5. The van der Waals surface area contributed by atoms with Crippen LogP contribution in [0.1, 0.15) is 5.56 Å². The summed E-state index contributed by atoms with van der Waals surface area (Å²) in [5.74, 6) is 0.879. The Labute approximate surface area is 92.1 Å². The minimum absolute atomic E-state index is 0.305. The van der Waals surface area contributed by atoms with Gasteiger partial charge in [0.2, 0.25) is 5.88 Å². The zero-order chi connectivity index (χ0) is 11.4. The highest BCUT2D eigenvalue weighted by Gasteiger charge is 2.02. The number of hydrogen-bond donors (Lipinski definition) is 1. The van der Waals surface area contributed by atoms with E-state index in [4.69, 9.17) is 15.7 Å². The molecule has 1 aromatic heterocycles. The van der Waals surface area contributed by atoms with Gasteiger partial charge in [0.15, 0.2) is 0 Å². The molecule has 0 bridgehead atoms. The Morgan fingerprint density at radius 1 is 1.25 bits per heavy atom. The molecule has 0 saturated carbocycles. The minimum atomic E-state index is 0.305. The maximum Gasteiger partial charge on any atom is 0.245 e. The first-order valence-electron chi connectivity index (χ1n) is 4.53. The predicted molar refractivity (Wildman–Crippen MR) is 57.7 cm³/mol. The van der Waals surface area contributed by atoms with Crippen LogP contribution >= 0.6 is 0 Å². The van der Waals surface area contributed by atoms with Crippen molar-refractivity contribution in [3.8, 4) is 17.7 Å². The molecule has 0 aliphatic heterocycles. The third-order valence-corrected chi connectivity index (χ3v) is 1.90. The quantitative estimate of drug-likeness (QED) is 0.819. The van der Waals surface area contributed by atoms with E-state index in [0.29, 0.717) is 22.9 Å². The van der Waals surface area contributed by atoms with Crippen LogP contribution in [0.5, 0.6) is 11.6 Å². The van der Waals surface area contributed by atoms with Crippen molar-refractivity contribution in [3.05, 3.63) is 42.4 Å². The van der Waals surface area contributed by atoms with Gasteiger partial charge in [-0.05, 0) is 24.3 Å². The lowest BCUT2D eigenvalue weighted by molar-refractivity contribution is 0.464.